The number of carbonyl (C=O) groups excluding carboxylic acids is 1. The maximum atomic E-state index is 12.5. The molecule has 1 aliphatic heterocycles. The van der Waals surface area contributed by atoms with Crippen molar-refractivity contribution in [2.24, 2.45) is 0 Å². The van der Waals surface area contributed by atoms with Gasteiger partial charge >= 0.3 is 6.09 Å². The van der Waals surface area contributed by atoms with Gasteiger partial charge in [0.1, 0.15) is 5.60 Å². The van der Waals surface area contributed by atoms with Gasteiger partial charge in [-0.3, -0.25) is 0 Å². The van der Waals surface area contributed by atoms with E-state index in [1.165, 1.54) is 0 Å². The first-order chi connectivity index (χ1) is 11.6. The minimum Gasteiger partial charge on any atom is -0.444 e. The van der Waals surface area contributed by atoms with Crippen LogP contribution in [0.1, 0.15) is 44.7 Å². The number of ether oxygens (including phenoxy) is 1. The molecule has 0 bridgehead atoms. The Morgan fingerprint density at radius 3 is 2.64 bits per heavy atom. The largest absolute Gasteiger partial charge is 0.444 e. The van der Waals surface area contributed by atoms with Crippen molar-refractivity contribution in [3.05, 3.63) is 35.4 Å². The van der Waals surface area contributed by atoms with Gasteiger partial charge in [0.15, 0.2) is 0 Å². The zero-order valence-corrected chi connectivity index (χ0v) is 16.2. The maximum absolute atomic E-state index is 12.5. The highest BCUT2D eigenvalue weighted by Gasteiger charge is 2.29. The van der Waals surface area contributed by atoms with Crippen LogP contribution in [-0.2, 0) is 20.5 Å². The highest BCUT2D eigenvalue weighted by atomic mass is 32.2. The lowest BCUT2D eigenvalue weighted by Gasteiger charge is -2.34. The molecule has 1 saturated heterocycles. The zero-order chi connectivity index (χ0) is 18.7. The number of hydrogen-bond donors (Lipinski definition) is 1. The number of sulfonamides is 1. The SMILES string of the molecule is Cc1ccccc1CS(=O)(=O)N[C@@H]1CCCN(C(=O)OC(C)(C)C)C1. The Morgan fingerprint density at radius 1 is 1.32 bits per heavy atom. The molecule has 0 aromatic heterocycles. The molecule has 0 radical (unpaired) electrons. The van der Waals surface area contributed by atoms with E-state index >= 15 is 0 Å². The van der Waals surface area contributed by atoms with E-state index in [0.29, 0.717) is 19.5 Å². The molecule has 0 unspecified atom stereocenters. The van der Waals surface area contributed by atoms with E-state index in [4.69, 9.17) is 4.74 Å². The van der Waals surface area contributed by atoms with E-state index in [1.54, 1.807) is 4.90 Å². The van der Waals surface area contributed by atoms with Crippen LogP contribution in [0.15, 0.2) is 24.3 Å². The molecule has 1 N–H and O–H groups in total. The normalized spacial score (nSPS) is 18.9. The molecule has 2 rings (SSSR count). The molecule has 1 aromatic carbocycles. The van der Waals surface area contributed by atoms with E-state index in [0.717, 1.165) is 17.5 Å². The molecule has 6 nitrogen and oxygen atoms in total. The molecule has 1 aliphatic rings. The number of rotatable bonds is 4. The standard InChI is InChI=1S/C18H28N2O4S/c1-14-8-5-6-9-15(14)13-25(22,23)19-16-10-7-11-20(12-16)17(21)24-18(2,3)4/h5-6,8-9,16,19H,7,10-13H2,1-4H3/t16-/m1/s1. The summed E-state index contributed by atoms with van der Waals surface area (Å²) in [5, 5.41) is 0. The molecular weight excluding hydrogens is 340 g/mol. The fourth-order valence-electron chi connectivity index (χ4n) is 2.84. The minimum atomic E-state index is -3.47. The van der Waals surface area contributed by atoms with Crippen LogP contribution in [0.3, 0.4) is 0 Å². The molecule has 1 fully saturated rings. The molecule has 1 amide bonds. The number of nitrogens with one attached hydrogen (secondary N) is 1. The number of aryl methyl sites for hydroxylation is 1. The summed E-state index contributed by atoms with van der Waals surface area (Å²) in [5.41, 5.74) is 1.18. The van der Waals surface area contributed by atoms with Crippen LogP contribution in [0.25, 0.3) is 0 Å². The molecule has 0 saturated carbocycles. The van der Waals surface area contributed by atoms with Crippen LogP contribution in [0.4, 0.5) is 4.79 Å². The second-order valence-corrected chi connectivity index (χ2v) is 9.32. The number of piperidine rings is 1. The minimum absolute atomic E-state index is 0.0530. The highest BCUT2D eigenvalue weighted by Crippen LogP contribution is 2.17. The van der Waals surface area contributed by atoms with Crippen LogP contribution in [-0.4, -0.2) is 44.1 Å². The smallest absolute Gasteiger partial charge is 0.410 e. The molecule has 1 aromatic rings. The summed E-state index contributed by atoms with van der Waals surface area (Å²) in [7, 11) is -3.47. The Hall–Kier alpha value is -1.60. The third-order valence-electron chi connectivity index (χ3n) is 4.03. The van der Waals surface area contributed by atoms with Crippen molar-refractivity contribution in [2.45, 2.75) is 57.9 Å². The lowest BCUT2D eigenvalue weighted by atomic mass is 10.1. The molecule has 7 heteroatoms. The van der Waals surface area contributed by atoms with Crippen LogP contribution < -0.4 is 4.72 Å². The highest BCUT2D eigenvalue weighted by molar-refractivity contribution is 7.88. The van der Waals surface area contributed by atoms with Gasteiger partial charge in [0.2, 0.25) is 10.0 Å². The summed E-state index contributed by atoms with van der Waals surface area (Å²) in [4.78, 5) is 13.8. The van der Waals surface area contributed by atoms with Crippen LogP contribution >= 0.6 is 0 Å². The van der Waals surface area contributed by atoms with Gasteiger partial charge in [0, 0.05) is 19.1 Å². The number of hydrogen-bond acceptors (Lipinski definition) is 4. The zero-order valence-electron chi connectivity index (χ0n) is 15.4. The average molecular weight is 368 g/mol. The van der Waals surface area contributed by atoms with E-state index < -0.39 is 21.7 Å². The maximum Gasteiger partial charge on any atom is 0.410 e. The molecule has 1 heterocycles. The summed E-state index contributed by atoms with van der Waals surface area (Å²) in [5.74, 6) is -0.0530. The van der Waals surface area contributed by atoms with Gasteiger partial charge in [0.05, 0.1) is 5.75 Å². The third-order valence-corrected chi connectivity index (χ3v) is 5.41. The monoisotopic (exact) mass is 368 g/mol. The van der Waals surface area contributed by atoms with Gasteiger partial charge in [-0.05, 0) is 51.7 Å². The first kappa shape index (κ1) is 19.7. The van der Waals surface area contributed by atoms with E-state index in [1.807, 2.05) is 52.0 Å². The summed E-state index contributed by atoms with van der Waals surface area (Å²) < 4.78 is 33.1. The van der Waals surface area contributed by atoms with Gasteiger partial charge in [0.25, 0.3) is 0 Å². The molecule has 140 valence electrons. The van der Waals surface area contributed by atoms with Crippen molar-refractivity contribution < 1.29 is 17.9 Å². The number of nitrogens with zero attached hydrogens (tertiary/aromatic N) is 1. The van der Waals surface area contributed by atoms with Gasteiger partial charge < -0.3 is 9.64 Å². The summed E-state index contributed by atoms with van der Waals surface area (Å²) in [6.07, 6.45) is 1.07. The predicted molar refractivity (Wildman–Crippen MR) is 97.8 cm³/mol. The van der Waals surface area contributed by atoms with E-state index in [2.05, 4.69) is 4.72 Å². The van der Waals surface area contributed by atoms with Gasteiger partial charge in [-0.25, -0.2) is 17.9 Å². The van der Waals surface area contributed by atoms with Crippen molar-refractivity contribution >= 4 is 16.1 Å². The van der Waals surface area contributed by atoms with E-state index in [-0.39, 0.29) is 11.8 Å². The Balaban J connectivity index is 1.97. The van der Waals surface area contributed by atoms with Crippen molar-refractivity contribution in [3.8, 4) is 0 Å². The van der Waals surface area contributed by atoms with Crippen LogP contribution in [0.5, 0.6) is 0 Å². The first-order valence-electron chi connectivity index (χ1n) is 8.58. The number of amides is 1. The summed E-state index contributed by atoms with van der Waals surface area (Å²) in [6.45, 7) is 8.27. The number of carbonyl (C=O) groups is 1. The quantitative estimate of drug-likeness (QED) is 0.887. The Kier molecular flexibility index (Phi) is 6.11. The van der Waals surface area contributed by atoms with Crippen molar-refractivity contribution in [2.75, 3.05) is 13.1 Å². The van der Waals surface area contributed by atoms with Gasteiger partial charge in [-0.2, -0.15) is 0 Å². The second-order valence-electron chi connectivity index (χ2n) is 7.57. The average Bonchev–Trinajstić information content (AvgIpc) is 2.47. The first-order valence-corrected chi connectivity index (χ1v) is 10.2. The van der Waals surface area contributed by atoms with Crippen LogP contribution in [0.2, 0.25) is 0 Å². The van der Waals surface area contributed by atoms with E-state index in [9.17, 15) is 13.2 Å². The lowest BCUT2D eigenvalue weighted by molar-refractivity contribution is 0.0195. The third kappa shape index (κ3) is 6.32. The molecular formula is C18H28N2O4S. The molecule has 1 atom stereocenters. The summed E-state index contributed by atoms with van der Waals surface area (Å²) in [6, 6.07) is 7.16. The van der Waals surface area contributed by atoms with Gasteiger partial charge in [-0.15, -0.1) is 0 Å². The Bertz CT molecular complexity index is 710. The lowest BCUT2D eigenvalue weighted by Crippen LogP contribution is -2.50. The van der Waals surface area contributed by atoms with Crippen molar-refractivity contribution in [3.63, 3.8) is 0 Å². The topological polar surface area (TPSA) is 75.7 Å². The molecule has 25 heavy (non-hydrogen) atoms. The van der Waals surface area contributed by atoms with Gasteiger partial charge in [-0.1, -0.05) is 24.3 Å². The fourth-order valence-corrected chi connectivity index (χ4v) is 4.35. The van der Waals surface area contributed by atoms with Crippen molar-refractivity contribution in [1.82, 2.24) is 9.62 Å². The number of benzene rings is 1. The molecule has 0 spiro atoms. The molecule has 0 aliphatic carbocycles. The predicted octanol–water partition coefficient (Wildman–Crippen LogP) is 2.81. The number of likely N-dealkylation sites (tertiary alicyclic amines) is 1. The fraction of sp³-hybridized carbons (Fsp3) is 0.611. The van der Waals surface area contributed by atoms with Crippen LogP contribution in [0, 0.1) is 6.92 Å². The second kappa shape index (κ2) is 7.74. The van der Waals surface area contributed by atoms with Crippen molar-refractivity contribution in [1.29, 1.82) is 0 Å². The Labute approximate surface area is 150 Å². The summed E-state index contributed by atoms with van der Waals surface area (Å²) >= 11 is 0. The Morgan fingerprint density at radius 2 is 2.00 bits per heavy atom.